The summed E-state index contributed by atoms with van der Waals surface area (Å²) in [5.74, 6) is 1.84. The number of hydrogen-bond acceptors (Lipinski definition) is 3. The number of guanidine groups is 1. The lowest BCUT2D eigenvalue weighted by molar-refractivity contribution is -0.114. The normalized spacial score (nSPS) is 16.1. The van der Waals surface area contributed by atoms with Crippen LogP contribution in [0.1, 0.15) is 0 Å². The molecule has 0 saturated carbocycles. The van der Waals surface area contributed by atoms with Gasteiger partial charge in [0.2, 0.25) is 5.91 Å². The van der Waals surface area contributed by atoms with E-state index in [1.165, 1.54) is 24.3 Å². The summed E-state index contributed by atoms with van der Waals surface area (Å²) in [4.78, 5) is 17.8. The Kier molecular flexibility index (Phi) is 5.23. The van der Waals surface area contributed by atoms with Crippen LogP contribution < -0.4 is 11.1 Å². The molecule has 1 saturated heterocycles. The second kappa shape index (κ2) is 7.14. The molecule has 1 aliphatic rings. The zero-order valence-corrected chi connectivity index (χ0v) is 11.8. The number of anilines is 1. The molecule has 3 N–H and O–H groups in total. The Morgan fingerprint density at radius 3 is 2.65 bits per heavy atom. The second-order valence-electron chi connectivity index (χ2n) is 4.33. The van der Waals surface area contributed by atoms with E-state index in [0.717, 1.165) is 24.6 Å². The number of aliphatic imine (C=N–C) groups is 1. The summed E-state index contributed by atoms with van der Waals surface area (Å²) in [5, 5.41) is 2.64. The molecule has 1 amide bonds. The molecular formula is C13H17FN4OS. The van der Waals surface area contributed by atoms with Crippen molar-refractivity contribution >= 4 is 29.3 Å². The quantitative estimate of drug-likeness (QED) is 0.648. The first kappa shape index (κ1) is 14.6. The molecule has 0 radical (unpaired) electrons. The van der Waals surface area contributed by atoms with Crippen LogP contribution in [0.4, 0.5) is 10.1 Å². The van der Waals surface area contributed by atoms with Crippen molar-refractivity contribution in [1.29, 1.82) is 0 Å². The van der Waals surface area contributed by atoms with Gasteiger partial charge in [-0.15, -0.1) is 0 Å². The predicted octanol–water partition coefficient (Wildman–Crippen LogP) is 1.13. The van der Waals surface area contributed by atoms with Crippen molar-refractivity contribution in [3.05, 3.63) is 30.1 Å². The third kappa shape index (κ3) is 4.41. The summed E-state index contributed by atoms with van der Waals surface area (Å²) < 4.78 is 12.7. The minimum absolute atomic E-state index is 0.0349. The molecule has 1 aromatic rings. The molecule has 108 valence electrons. The molecule has 5 nitrogen and oxygen atoms in total. The number of hydrogen-bond donors (Lipinski definition) is 2. The average Bonchev–Trinajstić information content (AvgIpc) is 2.48. The number of nitrogens with two attached hydrogens (primary N) is 1. The summed E-state index contributed by atoms with van der Waals surface area (Å²) >= 11 is 1.88. The SMILES string of the molecule is NC(=NCC(=O)Nc1ccc(F)cc1)N1CCSCC1. The topological polar surface area (TPSA) is 70.7 Å². The van der Waals surface area contributed by atoms with Gasteiger partial charge in [0.25, 0.3) is 0 Å². The Labute approximate surface area is 121 Å². The Morgan fingerprint density at radius 1 is 1.35 bits per heavy atom. The maximum Gasteiger partial charge on any atom is 0.246 e. The molecule has 0 unspecified atom stereocenters. The van der Waals surface area contributed by atoms with Gasteiger partial charge < -0.3 is 16.0 Å². The fraction of sp³-hybridized carbons (Fsp3) is 0.385. The predicted molar refractivity (Wildman–Crippen MR) is 80.4 cm³/mol. The van der Waals surface area contributed by atoms with E-state index in [1.807, 2.05) is 16.7 Å². The smallest absolute Gasteiger partial charge is 0.246 e. The Bertz CT molecular complexity index is 486. The van der Waals surface area contributed by atoms with E-state index < -0.39 is 0 Å². The molecule has 1 aromatic carbocycles. The van der Waals surface area contributed by atoms with Crippen molar-refractivity contribution in [2.24, 2.45) is 10.7 Å². The number of carbonyl (C=O) groups is 1. The number of benzene rings is 1. The molecule has 7 heteroatoms. The van der Waals surface area contributed by atoms with E-state index in [4.69, 9.17) is 5.73 Å². The summed E-state index contributed by atoms with van der Waals surface area (Å²) in [6, 6.07) is 5.58. The fourth-order valence-electron chi connectivity index (χ4n) is 1.78. The van der Waals surface area contributed by atoms with Crippen molar-refractivity contribution in [3.8, 4) is 0 Å². The van der Waals surface area contributed by atoms with E-state index in [0.29, 0.717) is 11.6 Å². The highest BCUT2D eigenvalue weighted by atomic mass is 32.2. The lowest BCUT2D eigenvalue weighted by Crippen LogP contribution is -2.43. The van der Waals surface area contributed by atoms with Crippen LogP contribution in [0.2, 0.25) is 0 Å². The lowest BCUT2D eigenvalue weighted by Gasteiger charge is -2.27. The van der Waals surface area contributed by atoms with Gasteiger partial charge in [-0.2, -0.15) is 11.8 Å². The Morgan fingerprint density at radius 2 is 2.00 bits per heavy atom. The minimum Gasteiger partial charge on any atom is -0.370 e. The number of nitrogens with zero attached hydrogens (tertiary/aromatic N) is 2. The fourth-order valence-corrected chi connectivity index (χ4v) is 2.68. The zero-order chi connectivity index (χ0) is 14.4. The zero-order valence-electron chi connectivity index (χ0n) is 11.0. The third-order valence-electron chi connectivity index (χ3n) is 2.85. The third-order valence-corrected chi connectivity index (χ3v) is 3.79. The Hall–Kier alpha value is -1.76. The maximum atomic E-state index is 12.7. The van der Waals surface area contributed by atoms with Crippen LogP contribution in [0, 0.1) is 5.82 Å². The lowest BCUT2D eigenvalue weighted by atomic mass is 10.3. The van der Waals surface area contributed by atoms with Crippen molar-refractivity contribution in [2.75, 3.05) is 36.5 Å². The summed E-state index contributed by atoms with van der Waals surface area (Å²) in [7, 11) is 0. The standard InChI is InChI=1S/C13H17FN4OS/c14-10-1-3-11(4-2-10)17-12(19)9-16-13(15)18-5-7-20-8-6-18/h1-4H,5-9H2,(H2,15,16)(H,17,19). The molecule has 0 aromatic heterocycles. The van der Waals surface area contributed by atoms with Gasteiger partial charge in [-0.1, -0.05) is 0 Å². The first-order valence-corrected chi connectivity index (χ1v) is 7.48. The van der Waals surface area contributed by atoms with Crippen LogP contribution in [0.25, 0.3) is 0 Å². The largest absolute Gasteiger partial charge is 0.370 e. The molecule has 2 rings (SSSR count). The van der Waals surface area contributed by atoms with Gasteiger partial charge in [-0.3, -0.25) is 4.79 Å². The van der Waals surface area contributed by atoms with Gasteiger partial charge in [0, 0.05) is 30.3 Å². The molecule has 1 aliphatic heterocycles. The van der Waals surface area contributed by atoms with Gasteiger partial charge >= 0.3 is 0 Å². The molecule has 0 bridgehead atoms. The van der Waals surface area contributed by atoms with Gasteiger partial charge in [0.05, 0.1) is 0 Å². The molecule has 0 atom stereocenters. The number of amides is 1. The average molecular weight is 296 g/mol. The van der Waals surface area contributed by atoms with E-state index in [-0.39, 0.29) is 18.3 Å². The summed E-state index contributed by atoms with van der Waals surface area (Å²) in [6.45, 7) is 1.69. The van der Waals surface area contributed by atoms with Crippen molar-refractivity contribution in [3.63, 3.8) is 0 Å². The molecule has 1 heterocycles. The van der Waals surface area contributed by atoms with E-state index in [2.05, 4.69) is 10.3 Å². The first-order chi connectivity index (χ1) is 9.65. The number of rotatable bonds is 3. The van der Waals surface area contributed by atoms with Gasteiger partial charge in [-0.25, -0.2) is 9.38 Å². The highest BCUT2D eigenvalue weighted by Crippen LogP contribution is 2.09. The minimum atomic E-state index is -0.340. The summed E-state index contributed by atoms with van der Waals surface area (Å²) in [6.07, 6.45) is 0. The van der Waals surface area contributed by atoms with E-state index >= 15 is 0 Å². The monoisotopic (exact) mass is 296 g/mol. The number of carbonyl (C=O) groups excluding carboxylic acids is 1. The van der Waals surface area contributed by atoms with Crippen molar-refractivity contribution < 1.29 is 9.18 Å². The van der Waals surface area contributed by atoms with Crippen LogP contribution in [0.3, 0.4) is 0 Å². The molecule has 0 aliphatic carbocycles. The highest BCUT2D eigenvalue weighted by Gasteiger charge is 2.12. The summed E-state index contributed by atoms with van der Waals surface area (Å²) in [5.41, 5.74) is 6.39. The van der Waals surface area contributed by atoms with Crippen LogP contribution in [-0.2, 0) is 4.79 Å². The molecule has 1 fully saturated rings. The van der Waals surface area contributed by atoms with E-state index in [1.54, 1.807) is 0 Å². The van der Waals surface area contributed by atoms with Crippen molar-refractivity contribution in [1.82, 2.24) is 4.90 Å². The van der Waals surface area contributed by atoms with Crippen LogP contribution in [0.5, 0.6) is 0 Å². The second-order valence-corrected chi connectivity index (χ2v) is 5.55. The maximum absolute atomic E-state index is 12.7. The van der Waals surface area contributed by atoms with Crippen molar-refractivity contribution in [2.45, 2.75) is 0 Å². The number of thioether (sulfide) groups is 1. The van der Waals surface area contributed by atoms with Crippen LogP contribution in [-0.4, -0.2) is 47.9 Å². The van der Waals surface area contributed by atoms with Gasteiger partial charge in [0.1, 0.15) is 12.4 Å². The molecular weight excluding hydrogens is 279 g/mol. The van der Waals surface area contributed by atoms with Gasteiger partial charge in [0.15, 0.2) is 5.96 Å². The molecule has 0 spiro atoms. The number of nitrogens with one attached hydrogen (secondary N) is 1. The highest BCUT2D eigenvalue weighted by molar-refractivity contribution is 7.99. The Balaban J connectivity index is 1.83. The number of halogens is 1. The first-order valence-electron chi connectivity index (χ1n) is 6.33. The van der Waals surface area contributed by atoms with Crippen LogP contribution in [0.15, 0.2) is 29.3 Å². The molecule has 20 heavy (non-hydrogen) atoms. The van der Waals surface area contributed by atoms with E-state index in [9.17, 15) is 9.18 Å². The van der Waals surface area contributed by atoms with Gasteiger partial charge in [-0.05, 0) is 24.3 Å². The van der Waals surface area contributed by atoms with Crippen LogP contribution >= 0.6 is 11.8 Å².